The summed E-state index contributed by atoms with van der Waals surface area (Å²) in [6, 6.07) is 2.15. The van der Waals surface area contributed by atoms with Crippen LogP contribution in [-0.4, -0.2) is 18.1 Å². The first-order valence-electron chi connectivity index (χ1n) is 6.33. The Morgan fingerprint density at radius 3 is 2.35 bits per heavy atom. The van der Waals surface area contributed by atoms with Gasteiger partial charge in [0.15, 0.2) is 8.32 Å². The van der Waals surface area contributed by atoms with Crippen LogP contribution in [0.4, 0.5) is 0 Å². The fourth-order valence-corrected chi connectivity index (χ4v) is 2.29. The van der Waals surface area contributed by atoms with E-state index in [9.17, 15) is 0 Å². The summed E-state index contributed by atoms with van der Waals surface area (Å²) in [5.41, 5.74) is 2.31. The van der Waals surface area contributed by atoms with Crippen molar-refractivity contribution in [3.8, 4) is 0 Å². The lowest BCUT2D eigenvalue weighted by Gasteiger charge is -2.36. The second-order valence-corrected chi connectivity index (χ2v) is 11.0. The Kier molecular flexibility index (Phi) is 4.20. The molecule has 98 valence electrons. The molecule has 0 aliphatic rings. The van der Waals surface area contributed by atoms with Gasteiger partial charge in [-0.15, -0.1) is 0 Å². The van der Waals surface area contributed by atoms with Gasteiger partial charge in [-0.2, -0.15) is 5.10 Å². The van der Waals surface area contributed by atoms with Gasteiger partial charge in [-0.3, -0.25) is 4.68 Å². The summed E-state index contributed by atoms with van der Waals surface area (Å²) in [5, 5.41) is 4.71. The van der Waals surface area contributed by atoms with E-state index < -0.39 is 8.32 Å². The van der Waals surface area contributed by atoms with E-state index in [-0.39, 0.29) is 5.04 Å². The van der Waals surface area contributed by atoms with Gasteiger partial charge in [0.2, 0.25) is 0 Å². The fourth-order valence-electron chi connectivity index (χ4n) is 1.35. The van der Waals surface area contributed by atoms with Gasteiger partial charge in [-0.25, -0.2) is 0 Å². The molecule has 0 fully saturated rings. The van der Waals surface area contributed by atoms with E-state index in [2.05, 4.69) is 52.0 Å². The zero-order valence-electron chi connectivity index (χ0n) is 12.3. The number of aryl methyl sites for hydroxylation is 2. The lowest BCUT2D eigenvalue weighted by molar-refractivity contribution is 0.266. The van der Waals surface area contributed by atoms with Crippen LogP contribution in [0.2, 0.25) is 18.1 Å². The molecule has 17 heavy (non-hydrogen) atoms. The molecule has 0 amide bonds. The fraction of sp³-hybridized carbons (Fsp3) is 0.769. The largest absolute Gasteiger partial charge is 0.411 e. The van der Waals surface area contributed by atoms with Crippen molar-refractivity contribution in [3.05, 3.63) is 17.5 Å². The molecule has 0 aliphatic carbocycles. The summed E-state index contributed by atoms with van der Waals surface area (Å²) in [6.45, 7) is 14.2. The smallest absolute Gasteiger partial charge is 0.192 e. The maximum Gasteiger partial charge on any atom is 0.192 e. The average molecular weight is 254 g/mol. The van der Waals surface area contributed by atoms with Gasteiger partial charge in [0.1, 0.15) is 0 Å². The predicted molar refractivity (Wildman–Crippen MR) is 74.6 cm³/mol. The Bertz CT molecular complexity index is 377. The molecule has 0 saturated carbocycles. The molecule has 1 aromatic rings. The first-order valence-corrected chi connectivity index (χ1v) is 9.24. The summed E-state index contributed by atoms with van der Waals surface area (Å²) in [6.07, 6.45) is 0.980. The second-order valence-electron chi connectivity index (χ2n) is 6.15. The SMILES string of the molecule is CCc1cc(CO[Si](C)(C)C(C)(C)C)n(C)n1. The van der Waals surface area contributed by atoms with Crippen LogP contribution in [0.3, 0.4) is 0 Å². The van der Waals surface area contributed by atoms with Gasteiger partial charge in [0, 0.05) is 7.05 Å². The minimum Gasteiger partial charge on any atom is -0.411 e. The standard InChI is InChI=1S/C13H26N2OSi/c1-8-11-9-12(15(5)14-11)10-16-17(6,7)13(2,3)4/h9H,8,10H2,1-7H3. The Balaban J connectivity index is 2.70. The van der Waals surface area contributed by atoms with E-state index in [1.54, 1.807) is 0 Å². The first-order chi connectivity index (χ1) is 7.67. The highest BCUT2D eigenvalue weighted by molar-refractivity contribution is 6.74. The van der Waals surface area contributed by atoms with E-state index in [0.717, 1.165) is 12.1 Å². The molecule has 0 atom stereocenters. The topological polar surface area (TPSA) is 27.1 Å². The summed E-state index contributed by atoms with van der Waals surface area (Å²) in [4.78, 5) is 0. The van der Waals surface area contributed by atoms with Crippen molar-refractivity contribution >= 4 is 8.32 Å². The summed E-state index contributed by atoms with van der Waals surface area (Å²) < 4.78 is 8.13. The van der Waals surface area contributed by atoms with Crippen LogP contribution in [0.15, 0.2) is 6.07 Å². The van der Waals surface area contributed by atoms with Gasteiger partial charge < -0.3 is 4.43 Å². The van der Waals surface area contributed by atoms with Gasteiger partial charge >= 0.3 is 0 Å². The van der Waals surface area contributed by atoms with E-state index in [0.29, 0.717) is 6.61 Å². The van der Waals surface area contributed by atoms with Crippen molar-refractivity contribution in [2.45, 2.75) is 58.9 Å². The van der Waals surface area contributed by atoms with E-state index in [4.69, 9.17) is 4.43 Å². The highest BCUT2D eigenvalue weighted by Crippen LogP contribution is 2.37. The molecule has 0 bridgehead atoms. The molecule has 1 rings (SSSR count). The molecule has 0 spiro atoms. The Morgan fingerprint density at radius 1 is 1.35 bits per heavy atom. The summed E-state index contributed by atoms with van der Waals surface area (Å²) in [7, 11) is 0.337. The Hall–Kier alpha value is -0.613. The zero-order valence-corrected chi connectivity index (χ0v) is 13.3. The summed E-state index contributed by atoms with van der Waals surface area (Å²) >= 11 is 0. The number of aromatic nitrogens is 2. The van der Waals surface area contributed by atoms with Crippen molar-refractivity contribution in [1.82, 2.24) is 9.78 Å². The molecule has 0 aromatic carbocycles. The van der Waals surface area contributed by atoms with Crippen LogP contribution in [-0.2, 0) is 24.5 Å². The number of nitrogens with zero attached hydrogens (tertiary/aromatic N) is 2. The monoisotopic (exact) mass is 254 g/mol. The van der Waals surface area contributed by atoms with Crippen LogP contribution >= 0.6 is 0 Å². The molecule has 0 radical (unpaired) electrons. The molecule has 0 N–H and O–H groups in total. The number of hydrogen-bond acceptors (Lipinski definition) is 2. The predicted octanol–water partition coefficient (Wildman–Crippen LogP) is 3.50. The lowest BCUT2D eigenvalue weighted by atomic mass is 10.2. The third-order valence-corrected chi connectivity index (χ3v) is 8.26. The minimum absolute atomic E-state index is 0.263. The van der Waals surface area contributed by atoms with Crippen LogP contribution in [0, 0.1) is 0 Å². The third-order valence-electron chi connectivity index (χ3n) is 3.78. The van der Waals surface area contributed by atoms with Gasteiger partial charge in [0.25, 0.3) is 0 Å². The Labute approximate surface area is 106 Å². The van der Waals surface area contributed by atoms with Crippen LogP contribution in [0.1, 0.15) is 39.1 Å². The second kappa shape index (κ2) is 4.94. The molecular formula is C13H26N2OSi. The van der Waals surface area contributed by atoms with Crippen molar-refractivity contribution in [2.75, 3.05) is 0 Å². The first kappa shape index (κ1) is 14.4. The van der Waals surface area contributed by atoms with Crippen molar-refractivity contribution in [1.29, 1.82) is 0 Å². The highest BCUT2D eigenvalue weighted by atomic mass is 28.4. The number of rotatable bonds is 4. The lowest BCUT2D eigenvalue weighted by Crippen LogP contribution is -2.40. The minimum atomic E-state index is -1.65. The molecule has 3 nitrogen and oxygen atoms in total. The molecule has 0 unspecified atom stereocenters. The Morgan fingerprint density at radius 2 is 1.94 bits per heavy atom. The van der Waals surface area contributed by atoms with Gasteiger partial charge in [-0.1, -0.05) is 27.7 Å². The average Bonchev–Trinajstić information content (AvgIpc) is 2.55. The maximum atomic E-state index is 6.20. The molecule has 1 aromatic heterocycles. The van der Waals surface area contributed by atoms with E-state index in [1.165, 1.54) is 5.69 Å². The molecule has 1 heterocycles. The molecule has 0 saturated heterocycles. The molecular weight excluding hydrogens is 228 g/mol. The summed E-state index contributed by atoms with van der Waals surface area (Å²) in [5.74, 6) is 0. The van der Waals surface area contributed by atoms with Gasteiger partial charge in [0.05, 0.1) is 18.0 Å². The molecule has 0 aliphatic heterocycles. The van der Waals surface area contributed by atoms with Gasteiger partial charge in [-0.05, 0) is 30.6 Å². The quantitative estimate of drug-likeness (QED) is 0.769. The number of hydrogen-bond donors (Lipinski definition) is 0. The van der Waals surface area contributed by atoms with Crippen molar-refractivity contribution in [2.24, 2.45) is 7.05 Å². The van der Waals surface area contributed by atoms with E-state index in [1.807, 2.05) is 11.7 Å². The van der Waals surface area contributed by atoms with Crippen molar-refractivity contribution in [3.63, 3.8) is 0 Å². The zero-order chi connectivity index (χ0) is 13.3. The van der Waals surface area contributed by atoms with E-state index >= 15 is 0 Å². The van der Waals surface area contributed by atoms with Crippen LogP contribution in [0.5, 0.6) is 0 Å². The van der Waals surface area contributed by atoms with Crippen LogP contribution in [0.25, 0.3) is 0 Å². The van der Waals surface area contributed by atoms with Crippen molar-refractivity contribution < 1.29 is 4.43 Å². The molecule has 4 heteroatoms. The maximum absolute atomic E-state index is 6.20. The highest BCUT2D eigenvalue weighted by Gasteiger charge is 2.37. The third kappa shape index (κ3) is 3.42. The van der Waals surface area contributed by atoms with Crippen LogP contribution < -0.4 is 0 Å². The normalized spacial score (nSPS) is 13.1.